The summed E-state index contributed by atoms with van der Waals surface area (Å²) >= 11 is 0. The molecule has 0 aromatic carbocycles. The third kappa shape index (κ3) is 4.45. The van der Waals surface area contributed by atoms with Crippen molar-refractivity contribution in [1.29, 1.82) is 5.26 Å². The minimum absolute atomic E-state index is 0.872. The van der Waals surface area contributed by atoms with Crippen LogP contribution in [0.2, 0.25) is 0 Å². The van der Waals surface area contributed by atoms with Gasteiger partial charge in [0.05, 0.1) is 5.92 Å². The maximum Gasteiger partial charge on any atom is 0.306 e. The SMILES string of the molecule is N#CC#C[N+](=O)[O-]. The van der Waals surface area contributed by atoms with Crippen molar-refractivity contribution in [2.45, 2.75) is 0 Å². The number of nitro groups is 1. The Morgan fingerprint density at radius 2 is 2.29 bits per heavy atom. The smallest absolute Gasteiger partial charge is 0.249 e. The molecule has 0 radical (unpaired) electrons. The van der Waals surface area contributed by atoms with Crippen molar-refractivity contribution in [3.8, 4) is 18.0 Å². The summed E-state index contributed by atoms with van der Waals surface area (Å²) in [6.45, 7) is 0. The van der Waals surface area contributed by atoms with Crippen LogP contribution in [0.5, 0.6) is 0 Å². The van der Waals surface area contributed by atoms with Gasteiger partial charge in [0.15, 0.2) is 6.07 Å². The van der Waals surface area contributed by atoms with Crippen molar-refractivity contribution in [3.05, 3.63) is 10.1 Å². The number of rotatable bonds is 0. The first-order valence-corrected chi connectivity index (χ1v) is 1.31. The van der Waals surface area contributed by atoms with Gasteiger partial charge in [0.2, 0.25) is 0 Å². The maximum absolute atomic E-state index is 9.24. The highest BCUT2D eigenvalue weighted by Gasteiger charge is 1.77. The van der Waals surface area contributed by atoms with Crippen LogP contribution in [0, 0.1) is 33.4 Å². The van der Waals surface area contributed by atoms with Crippen molar-refractivity contribution in [2.75, 3.05) is 0 Å². The van der Waals surface area contributed by atoms with Crippen molar-refractivity contribution < 1.29 is 4.92 Å². The molecular weight excluding hydrogens is 96.0 g/mol. The Hall–Kier alpha value is -1.55. The zero-order chi connectivity index (χ0) is 5.70. The van der Waals surface area contributed by atoms with Crippen molar-refractivity contribution >= 4 is 0 Å². The quantitative estimate of drug-likeness (QED) is 0.181. The van der Waals surface area contributed by atoms with E-state index in [2.05, 4.69) is 0 Å². The molecule has 0 aromatic rings. The molecule has 4 heteroatoms. The highest BCUT2D eigenvalue weighted by atomic mass is 16.6. The lowest BCUT2D eigenvalue weighted by molar-refractivity contribution is -0.379. The minimum atomic E-state index is -0.872. The number of hydrogen-bond acceptors (Lipinski definition) is 3. The maximum atomic E-state index is 9.24. The lowest BCUT2D eigenvalue weighted by Gasteiger charge is -1.61. The molecule has 0 unspecified atom stereocenters. The molecule has 0 heterocycles. The Balaban J connectivity index is 3.74. The summed E-state index contributed by atoms with van der Waals surface area (Å²) in [6.07, 6.45) is 0. The van der Waals surface area contributed by atoms with E-state index < -0.39 is 4.92 Å². The lowest BCUT2D eigenvalue weighted by Crippen LogP contribution is -1.81. The van der Waals surface area contributed by atoms with Crippen LogP contribution in [0.15, 0.2) is 0 Å². The summed E-state index contributed by atoms with van der Waals surface area (Å²) in [7, 11) is 0. The van der Waals surface area contributed by atoms with E-state index in [1.54, 1.807) is 5.92 Å². The van der Waals surface area contributed by atoms with Crippen LogP contribution < -0.4 is 0 Å². The predicted octanol–water partition coefficient (Wildman–Crippen LogP) is -0.252. The molecule has 34 valence electrons. The molecule has 0 bridgehead atoms. The van der Waals surface area contributed by atoms with Gasteiger partial charge in [0.25, 0.3) is 0 Å². The van der Waals surface area contributed by atoms with E-state index in [0.29, 0.717) is 0 Å². The summed E-state index contributed by atoms with van der Waals surface area (Å²) < 4.78 is 0. The normalized spacial score (nSPS) is 5.00. The fraction of sp³-hybridized carbons (Fsp3) is 0. The van der Waals surface area contributed by atoms with Crippen molar-refractivity contribution in [2.24, 2.45) is 0 Å². The fourth-order valence-electron chi connectivity index (χ4n) is 0.0706. The molecule has 0 saturated carbocycles. The van der Waals surface area contributed by atoms with Gasteiger partial charge < -0.3 is 0 Å². The van der Waals surface area contributed by atoms with Gasteiger partial charge in [-0.15, -0.1) is 0 Å². The predicted molar refractivity (Wildman–Crippen MR) is 20.4 cm³/mol. The third-order valence-corrected chi connectivity index (χ3v) is 0.203. The Labute approximate surface area is 39.5 Å². The van der Waals surface area contributed by atoms with Crippen LogP contribution in [0.4, 0.5) is 0 Å². The van der Waals surface area contributed by atoms with Gasteiger partial charge >= 0.3 is 6.04 Å². The zero-order valence-corrected chi connectivity index (χ0v) is 3.21. The summed E-state index contributed by atoms with van der Waals surface area (Å²) in [4.78, 5) is 8.37. The molecule has 4 nitrogen and oxygen atoms in total. The summed E-state index contributed by atoms with van der Waals surface area (Å²) in [5.41, 5.74) is 0. The van der Waals surface area contributed by atoms with Gasteiger partial charge in [-0.2, -0.15) is 5.26 Å². The average Bonchev–Trinajstić information content (AvgIpc) is 1.61. The largest absolute Gasteiger partial charge is 0.306 e. The molecule has 0 fully saturated rings. The molecule has 0 atom stereocenters. The van der Waals surface area contributed by atoms with E-state index in [9.17, 15) is 10.1 Å². The second-order valence-corrected chi connectivity index (χ2v) is 0.606. The minimum Gasteiger partial charge on any atom is -0.249 e. The zero-order valence-electron chi connectivity index (χ0n) is 3.21. The van der Waals surface area contributed by atoms with Gasteiger partial charge in [-0.1, -0.05) is 0 Å². The summed E-state index contributed by atoms with van der Waals surface area (Å²) in [5.74, 6) is 1.60. The monoisotopic (exact) mass is 96.0 g/mol. The molecule has 0 amide bonds. The molecule has 0 saturated heterocycles. The van der Waals surface area contributed by atoms with Crippen LogP contribution >= 0.6 is 0 Å². The number of hydrogen-bond donors (Lipinski definition) is 0. The van der Waals surface area contributed by atoms with Crippen molar-refractivity contribution in [1.82, 2.24) is 0 Å². The Kier molecular flexibility index (Phi) is 2.08. The van der Waals surface area contributed by atoms with Crippen LogP contribution in [0.1, 0.15) is 0 Å². The Morgan fingerprint density at radius 3 is 2.43 bits per heavy atom. The first kappa shape index (κ1) is 5.45. The molecular formula is C3N2O2. The molecule has 0 N–H and O–H groups in total. The van der Waals surface area contributed by atoms with Crippen LogP contribution in [-0.4, -0.2) is 4.92 Å². The lowest BCUT2D eigenvalue weighted by atomic mass is 10.8. The van der Waals surface area contributed by atoms with Crippen molar-refractivity contribution in [3.63, 3.8) is 0 Å². The molecule has 0 aliphatic heterocycles. The highest BCUT2D eigenvalue weighted by molar-refractivity contribution is 5.12. The number of nitriles is 1. The Bertz CT molecular complexity index is 168. The summed E-state index contributed by atoms with van der Waals surface area (Å²) in [5, 5.41) is 16.8. The van der Waals surface area contributed by atoms with E-state index in [0.717, 1.165) is 0 Å². The first-order valence-electron chi connectivity index (χ1n) is 1.31. The van der Waals surface area contributed by atoms with Crippen LogP contribution in [-0.2, 0) is 0 Å². The van der Waals surface area contributed by atoms with Gasteiger partial charge in [-0.05, 0) is 0 Å². The van der Waals surface area contributed by atoms with E-state index in [1.165, 1.54) is 12.1 Å². The molecule has 0 rings (SSSR count). The third-order valence-electron chi connectivity index (χ3n) is 0.203. The van der Waals surface area contributed by atoms with E-state index >= 15 is 0 Å². The standard InChI is InChI=1S/C3N2O2/c4-2-1-3-5(6)7. The fourth-order valence-corrected chi connectivity index (χ4v) is 0.0706. The topological polar surface area (TPSA) is 66.9 Å². The Morgan fingerprint density at radius 1 is 1.71 bits per heavy atom. The van der Waals surface area contributed by atoms with Gasteiger partial charge in [-0.3, -0.25) is 0 Å². The van der Waals surface area contributed by atoms with E-state index in [-0.39, 0.29) is 0 Å². The van der Waals surface area contributed by atoms with Gasteiger partial charge in [0.1, 0.15) is 4.92 Å². The summed E-state index contributed by atoms with van der Waals surface area (Å²) in [6, 6.07) is 2.70. The van der Waals surface area contributed by atoms with Crippen LogP contribution in [0.3, 0.4) is 0 Å². The number of nitrogens with zero attached hydrogens (tertiary/aromatic N) is 2. The van der Waals surface area contributed by atoms with E-state index in [4.69, 9.17) is 5.26 Å². The first-order chi connectivity index (χ1) is 3.27. The molecule has 0 aliphatic rings. The second kappa shape index (κ2) is 2.67. The van der Waals surface area contributed by atoms with E-state index in [1.807, 2.05) is 0 Å². The highest BCUT2D eigenvalue weighted by Crippen LogP contribution is 1.55. The van der Waals surface area contributed by atoms with Crippen LogP contribution in [0.25, 0.3) is 0 Å². The average molecular weight is 96.0 g/mol. The molecule has 0 spiro atoms. The van der Waals surface area contributed by atoms with Gasteiger partial charge in [0, 0.05) is 0 Å². The second-order valence-electron chi connectivity index (χ2n) is 0.606. The van der Waals surface area contributed by atoms with Gasteiger partial charge in [-0.25, -0.2) is 10.1 Å². The molecule has 7 heavy (non-hydrogen) atoms. The molecule has 0 aliphatic carbocycles. The molecule has 0 aromatic heterocycles.